The Morgan fingerprint density at radius 2 is 0.800 bits per heavy atom. The van der Waals surface area contributed by atoms with Gasteiger partial charge in [-0.3, -0.25) is 0 Å². The zero-order valence-corrected chi connectivity index (χ0v) is 15.3. The van der Waals surface area contributed by atoms with E-state index in [1.54, 1.807) is 22.5 Å². The Morgan fingerprint density at radius 3 is 0.950 bits per heavy atom. The summed E-state index contributed by atoms with van der Waals surface area (Å²) in [7, 11) is 0. The van der Waals surface area contributed by atoms with Gasteiger partial charge in [-0.05, 0) is 48.6 Å². The van der Waals surface area contributed by atoms with Gasteiger partial charge in [0.2, 0.25) is 0 Å². The van der Waals surface area contributed by atoms with Crippen LogP contribution in [0, 0.1) is 0 Å². The quantitative estimate of drug-likeness (QED) is 0.574. The molecule has 0 saturated carbocycles. The molecule has 0 amide bonds. The fraction of sp³-hybridized carbons (Fsp3) is 0.789. The van der Waals surface area contributed by atoms with Crippen LogP contribution < -0.4 is 0 Å². The molecule has 0 radical (unpaired) electrons. The van der Waals surface area contributed by atoms with Crippen molar-refractivity contribution < 1.29 is 0 Å². The van der Waals surface area contributed by atoms with E-state index >= 15 is 0 Å². The minimum atomic E-state index is 0.537. The van der Waals surface area contributed by atoms with E-state index in [1.807, 2.05) is 0 Å². The van der Waals surface area contributed by atoms with Gasteiger partial charge in [0.15, 0.2) is 0 Å². The van der Waals surface area contributed by atoms with Crippen LogP contribution in [0.1, 0.15) is 121 Å². The lowest BCUT2D eigenvalue weighted by Crippen LogP contribution is -2.13. The van der Waals surface area contributed by atoms with Gasteiger partial charge >= 0.3 is 0 Å². The van der Waals surface area contributed by atoms with Gasteiger partial charge in [0.05, 0.1) is 0 Å². The maximum Gasteiger partial charge on any atom is 0.0279 e. The second kappa shape index (κ2) is 6.37. The molecule has 20 heavy (non-hydrogen) atoms. The van der Waals surface area contributed by atoms with Crippen LogP contribution in [0.15, 0.2) is 0 Å². The molecule has 0 aliphatic heterocycles. The number of rotatable bonds is 5. The average Bonchev–Trinajstić information content (AvgIpc) is 2.64. The molecule has 0 fully saturated rings. The van der Waals surface area contributed by atoms with Gasteiger partial charge in [0.25, 0.3) is 0 Å². The van der Waals surface area contributed by atoms with Gasteiger partial charge in [-0.1, -0.05) is 55.4 Å². The van der Waals surface area contributed by atoms with Crippen LogP contribution in [0.2, 0.25) is 0 Å². The van der Waals surface area contributed by atoms with Crippen molar-refractivity contribution >= 4 is 0 Å². The molecule has 0 spiro atoms. The first-order chi connectivity index (χ1) is 9.11. The van der Waals surface area contributed by atoms with Crippen molar-refractivity contribution in [2.45, 2.75) is 99.0 Å². The van der Waals surface area contributed by atoms with Crippen molar-refractivity contribution in [3.63, 3.8) is 0 Å². The molecule has 1 heterocycles. The highest BCUT2D eigenvalue weighted by molar-refractivity contribution is 5.46. The predicted octanol–water partition coefficient (Wildman–Crippen LogP) is 6.56. The molecule has 1 aromatic rings. The summed E-state index contributed by atoms with van der Waals surface area (Å²) in [5.41, 5.74) is 6.38. The number of hydrogen-bond donors (Lipinski definition) is 0. The predicted molar refractivity (Wildman–Crippen MR) is 91.2 cm³/mol. The molecule has 0 unspecified atom stereocenters. The van der Waals surface area contributed by atoms with Crippen molar-refractivity contribution in [3.8, 4) is 0 Å². The summed E-state index contributed by atoms with van der Waals surface area (Å²) in [4.78, 5) is 0. The number of hydrogen-bond acceptors (Lipinski definition) is 0. The van der Waals surface area contributed by atoms with E-state index in [9.17, 15) is 0 Å². The molecule has 1 heteroatoms. The topological polar surface area (TPSA) is 4.93 Å². The maximum absolute atomic E-state index is 2.64. The van der Waals surface area contributed by atoms with E-state index < -0.39 is 0 Å². The monoisotopic (exact) mass is 277 g/mol. The van der Waals surface area contributed by atoms with E-state index in [0.717, 1.165) is 0 Å². The first-order valence-corrected chi connectivity index (χ1v) is 8.38. The van der Waals surface area contributed by atoms with Crippen molar-refractivity contribution in [3.05, 3.63) is 22.5 Å². The molecule has 0 bridgehead atoms. The van der Waals surface area contributed by atoms with E-state index in [-0.39, 0.29) is 0 Å². The summed E-state index contributed by atoms with van der Waals surface area (Å²) < 4.78 is 2.64. The first kappa shape index (κ1) is 17.3. The Hall–Kier alpha value is -0.720. The number of aromatic nitrogens is 1. The molecule has 0 saturated heterocycles. The lowest BCUT2D eigenvalue weighted by molar-refractivity contribution is 0.520. The molecular weight excluding hydrogens is 242 g/mol. The van der Waals surface area contributed by atoms with Crippen molar-refractivity contribution in [2.24, 2.45) is 0 Å². The van der Waals surface area contributed by atoms with Crippen LogP contribution in [-0.4, -0.2) is 4.57 Å². The Kier molecular flexibility index (Phi) is 5.52. The highest BCUT2D eigenvalue weighted by atomic mass is 15.0. The second-order valence-electron chi connectivity index (χ2n) is 7.68. The maximum atomic E-state index is 2.64. The molecule has 0 aliphatic rings. The van der Waals surface area contributed by atoms with Crippen molar-refractivity contribution in [1.82, 2.24) is 4.57 Å². The van der Waals surface area contributed by atoms with Crippen LogP contribution in [0.3, 0.4) is 0 Å². The van der Waals surface area contributed by atoms with Gasteiger partial charge in [0.1, 0.15) is 0 Å². The Morgan fingerprint density at radius 1 is 0.500 bits per heavy atom. The molecule has 1 nitrogen and oxygen atoms in total. The molecule has 1 rings (SSSR count). The van der Waals surface area contributed by atoms with Crippen LogP contribution in [-0.2, 0) is 0 Å². The van der Waals surface area contributed by atoms with E-state index in [2.05, 4.69) is 73.8 Å². The van der Waals surface area contributed by atoms with Gasteiger partial charge in [-0.15, -0.1) is 0 Å². The van der Waals surface area contributed by atoms with Gasteiger partial charge < -0.3 is 4.57 Å². The molecule has 116 valence electrons. The Bertz CT molecular complexity index is 330. The summed E-state index contributed by atoms with van der Waals surface area (Å²) in [6.45, 7) is 23.4. The zero-order valence-electron chi connectivity index (χ0n) is 15.3. The smallest absolute Gasteiger partial charge is 0.0279 e. The summed E-state index contributed by atoms with van der Waals surface area (Å²) in [6.07, 6.45) is 0. The average molecular weight is 277 g/mol. The lowest BCUT2D eigenvalue weighted by atomic mass is 9.87. The largest absolute Gasteiger partial charge is 0.345 e. The summed E-state index contributed by atoms with van der Waals surface area (Å²) in [5.74, 6) is 2.36. The molecular formula is C19H35N. The van der Waals surface area contributed by atoms with Crippen LogP contribution in [0.4, 0.5) is 0 Å². The lowest BCUT2D eigenvalue weighted by Gasteiger charge is -2.22. The SMILES string of the molecule is CC(C)c1c(C(C)C)c(C(C)C)n(C(C)C)c1C(C)C. The summed E-state index contributed by atoms with van der Waals surface area (Å²) >= 11 is 0. The third kappa shape index (κ3) is 2.97. The molecule has 0 aromatic carbocycles. The fourth-order valence-electron chi connectivity index (χ4n) is 3.61. The van der Waals surface area contributed by atoms with E-state index in [1.165, 1.54) is 0 Å². The normalized spacial score (nSPS) is 12.8. The second-order valence-corrected chi connectivity index (χ2v) is 7.68. The minimum Gasteiger partial charge on any atom is -0.345 e. The third-order valence-corrected chi connectivity index (χ3v) is 4.13. The van der Waals surface area contributed by atoms with Crippen molar-refractivity contribution in [2.75, 3.05) is 0 Å². The molecule has 0 N–H and O–H groups in total. The highest BCUT2D eigenvalue weighted by Crippen LogP contribution is 2.42. The van der Waals surface area contributed by atoms with Crippen LogP contribution in [0.25, 0.3) is 0 Å². The van der Waals surface area contributed by atoms with Gasteiger partial charge in [-0.25, -0.2) is 0 Å². The van der Waals surface area contributed by atoms with Gasteiger partial charge in [0, 0.05) is 17.4 Å². The van der Waals surface area contributed by atoms with Gasteiger partial charge in [-0.2, -0.15) is 0 Å². The third-order valence-electron chi connectivity index (χ3n) is 4.13. The van der Waals surface area contributed by atoms with E-state index in [4.69, 9.17) is 0 Å². The standard InChI is InChI=1S/C19H35N/c1-11(2)16-17(12(3)4)19(14(7)8)20(15(9)10)18(16)13(5)6/h11-15H,1-10H3. The minimum absolute atomic E-state index is 0.537. The molecule has 1 aromatic heterocycles. The summed E-state index contributed by atoms with van der Waals surface area (Å²) in [5, 5.41) is 0. The fourth-order valence-corrected chi connectivity index (χ4v) is 3.61. The summed E-state index contributed by atoms with van der Waals surface area (Å²) in [6, 6.07) is 0.537. The Labute approximate surface area is 126 Å². The Balaban J connectivity index is 3.85. The van der Waals surface area contributed by atoms with Crippen LogP contribution in [0.5, 0.6) is 0 Å². The molecule has 0 atom stereocenters. The first-order valence-electron chi connectivity index (χ1n) is 8.38. The highest BCUT2D eigenvalue weighted by Gasteiger charge is 2.29. The number of nitrogens with zero attached hydrogens (tertiary/aromatic N) is 1. The van der Waals surface area contributed by atoms with Crippen LogP contribution >= 0.6 is 0 Å². The molecule has 0 aliphatic carbocycles. The van der Waals surface area contributed by atoms with Crippen molar-refractivity contribution in [1.29, 1.82) is 0 Å². The van der Waals surface area contributed by atoms with E-state index in [0.29, 0.717) is 29.7 Å². The zero-order chi connectivity index (χ0) is 15.8.